The van der Waals surface area contributed by atoms with Crippen molar-refractivity contribution in [2.45, 2.75) is 6.54 Å². The number of rotatable bonds is 5. The maximum absolute atomic E-state index is 11.6. The summed E-state index contributed by atoms with van der Waals surface area (Å²) in [7, 11) is 0. The fraction of sp³-hybridized carbons (Fsp3) is 0.167. The minimum Gasteiger partial charge on any atom is -0.387 e. The molecule has 2 aromatic rings. The minimum atomic E-state index is -0.764. The van der Waals surface area contributed by atoms with Gasteiger partial charge in [0.1, 0.15) is 6.54 Å². The first-order valence-corrected chi connectivity index (χ1v) is 6.78. The van der Waals surface area contributed by atoms with Crippen LogP contribution in [0.1, 0.15) is 0 Å². The summed E-state index contributed by atoms with van der Waals surface area (Å²) in [6.45, 7) is 3.24. The highest BCUT2D eigenvalue weighted by Gasteiger charge is 2.15. The Hall–Kier alpha value is -2.68. The lowest BCUT2D eigenvalue weighted by Gasteiger charge is -2.03. The summed E-state index contributed by atoms with van der Waals surface area (Å²) in [5.41, 5.74) is 0. The number of nitrogens with zero attached hydrogens (tertiary/aromatic N) is 2. The minimum absolute atomic E-state index is 0.138. The van der Waals surface area contributed by atoms with E-state index in [4.69, 9.17) is 4.42 Å². The van der Waals surface area contributed by atoms with E-state index < -0.39 is 24.2 Å². The molecule has 2 N–H and O–H groups in total. The molecule has 0 unspecified atom stereocenters. The largest absolute Gasteiger partial charge is 0.437 e. The van der Waals surface area contributed by atoms with Gasteiger partial charge in [0.25, 0.3) is 5.89 Å². The molecule has 2 heterocycles. The third-order valence-electron chi connectivity index (χ3n) is 2.29. The quantitative estimate of drug-likeness (QED) is 0.786. The van der Waals surface area contributed by atoms with E-state index in [2.05, 4.69) is 22.3 Å². The van der Waals surface area contributed by atoms with Crippen LogP contribution in [0.15, 0.2) is 39.4 Å². The third-order valence-corrected chi connectivity index (χ3v) is 3.15. The van der Waals surface area contributed by atoms with Gasteiger partial charge in [-0.15, -0.1) is 23.0 Å². The van der Waals surface area contributed by atoms with E-state index >= 15 is 0 Å². The van der Waals surface area contributed by atoms with Gasteiger partial charge in [0.05, 0.1) is 4.88 Å². The van der Waals surface area contributed by atoms with Crippen LogP contribution in [0.4, 0.5) is 4.79 Å². The highest BCUT2D eigenvalue weighted by molar-refractivity contribution is 7.13. The standard InChI is InChI=1S/C12H12N4O4S/c1-2-5-13-11(18)14-9(17)7-16-12(19)20-10(15-16)8-4-3-6-21-8/h2-4,6H,1,5,7H2,(H2,13,14,17,18). The third kappa shape index (κ3) is 3.89. The fourth-order valence-electron chi connectivity index (χ4n) is 1.42. The number of imide groups is 1. The molecule has 0 spiro atoms. The van der Waals surface area contributed by atoms with E-state index in [0.717, 1.165) is 4.68 Å². The van der Waals surface area contributed by atoms with Gasteiger partial charge in [0, 0.05) is 6.54 Å². The predicted molar refractivity (Wildman–Crippen MR) is 75.8 cm³/mol. The molecule has 0 bridgehead atoms. The highest BCUT2D eigenvalue weighted by Crippen LogP contribution is 2.20. The zero-order valence-electron chi connectivity index (χ0n) is 10.9. The number of carbonyl (C=O) groups is 2. The summed E-state index contributed by atoms with van der Waals surface area (Å²) in [4.78, 5) is 35.1. The van der Waals surface area contributed by atoms with Gasteiger partial charge in [-0.25, -0.2) is 9.59 Å². The van der Waals surface area contributed by atoms with Gasteiger partial charge in [0.2, 0.25) is 5.91 Å². The van der Waals surface area contributed by atoms with Crippen LogP contribution in [0, 0.1) is 0 Å². The van der Waals surface area contributed by atoms with Crippen molar-refractivity contribution in [1.29, 1.82) is 0 Å². The molecule has 0 radical (unpaired) electrons. The molecule has 0 aliphatic rings. The van der Waals surface area contributed by atoms with Crippen molar-refractivity contribution in [1.82, 2.24) is 20.4 Å². The lowest BCUT2D eigenvalue weighted by Crippen LogP contribution is -2.42. The molecule has 0 aliphatic heterocycles. The summed E-state index contributed by atoms with van der Waals surface area (Å²) in [5.74, 6) is -1.30. The Morgan fingerprint density at radius 1 is 1.52 bits per heavy atom. The number of thiophene rings is 1. The number of carbonyl (C=O) groups excluding carboxylic acids is 2. The molecule has 0 saturated heterocycles. The highest BCUT2D eigenvalue weighted by atomic mass is 32.1. The zero-order chi connectivity index (χ0) is 15.2. The van der Waals surface area contributed by atoms with E-state index in [1.54, 1.807) is 12.1 Å². The van der Waals surface area contributed by atoms with Crippen LogP contribution in [-0.2, 0) is 11.3 Å². The van der Waals surface area contributed by atoms with E-state index in [9.17, 15) is 14.4 Å². The van der Waals surface area contributed by atoms with Crippen molar-refractivity contribution < 1.29 is 14.0 Å². The molecule has 8 nitrogen and oxygen atoms in total. The summed E-state index contributed by atoms with van der Waals surface area (Å²) < 4.78 is 5.80. The van der Waals surface area contributed by atoms with Gasteiger partial charge in [0.15, 0.2) is 0 Å². The molecular formula is C12H12N4O4S. The van der Waals surface area contributed by atoms with E-state index in [-0.39, 0.29) is 12.4 Å². The molecule has 0 aliphatic carbocycles. The average Bonchev–Trinajstić information content (AvgIpc) is 3.07. The van der Waals surface area contributed by atoms with Crippen LogP contribution in [0.25, 0.3) is 10.8 Å². The number of nitrogens with one attached hydrogen (secondary N) is 2. The second-order valence-corrected chi connectivity index (χ2v) is 4.80. The van der Waals surface area contributed by atoms with E-state index in [1.165, 1.54) is 17.4 Å². The number of amides is 3. The lowest BCUT2D eigenvalue weighted by molar-refractivity contribution is -0.120. The van der Waals surface area contributed by atoms with E-state index in [0.29, 0.717) is 4.88 Å². The Morgan fingerprint density at radius 2 is 2.33 bits per heavy atom. The summed E-state index contributed by atoms with van der Waals surface area (Å²) in [5, 5.41) is 10.1. The molecular weight excluding hydrogens is 296 g/mol. The molecule has 0 saturated carbocycles. The van der Waals surface area contributed by atoms with Gasteiger partial charge in [-0.3, -0.25) is 10.1 Å². The number of hydrogen-bond donors (Lipinski definition) is 2. The Morgan fingerprint density at radius 3 is 3.00 bits per heavy atom. The summed E-state index contributed by atoms with van der Waals surface area (Å²) >= 11 is 1.35. The zero-order valence-corrected chi connectivity index (χ0v) is 11.7. The molecule has 2 rings (SSSR count). The normalized spacial score (nSPS) is 10.1. The SMILES string of the molecule is C=CCNC(=O)NC(=O)Cn1nc(-c2cccs2)oc1=O. The molecule has 0 aromatic carbocycles. The maximum Gasteiger partial charge on any atom is 0.437 e. The Kier molecular flexibility index (Phi) is 4.67. The summed E-state index contributed by atoms with van der Waals surface area (Å²) in [6.07, 6.45) is 1.47. The summed E-state index contributed by atoms with van der Waals surface area (Å²) in [6, 6.07) is 2.86. The molecule has 9 heteroatoms. The maximum atomic E-state index is 11.6. The van der Waals surface area contributed by atoms with Crippen LogP contribution >= 0.6 is 11.3 Å². The van der Waals surface area contributed by atoms with Crippen LogP contribution in [-0.4, -0.2) is 28.3 Å². The van der Waals surface area contributed by atoms with Gasteiger partial charge in [-0.05, 0) is 11.4 Å². The van der Waals surface area contributed by atoms with Crippen molar-refractivity contribution >= 4 is 23.3 Å². The van der Waals surface area contributed by atoms with Crippen molar-refractivity contribution in [2.24, 2.45) is 0 Å². The second kappa shape index (κ2) is 6.66. The van der Waals surface area contributed by atoms with Crippen LogP contribution in [0.3, 0.4) is 0 Å². The van der Waals surface area contributed by atoms with Crippen molar-refractivity contribution in [3.63, 3.8) is 0 Å². The monoisotopic (exact) mass is 308 g/mol. The van der Waals surface area contributed by atoms with Gasteiger partial charge in [-0.2, -0.15) is 4.68 Å². The van der Waals surface area contributed by atoms with Crippen LogP contribution in [0.2, 0.25) is 0 Å². The van der Waals surface area contributed by atoms with Gasteiger partial charge >= 0.3 is 11.8 Å². The van der Waals surface area contributed by atoms with E-state index in [1.807, 2.05) is 5.38 Å². The Labute approximate surface area is 123 Å². The topological polar surface area (TPSA) is 106 Å². The Balaban J connectivity index is 2.00. The van der Waals surface area contributed by atoms with Gasteiger partial charge < -0.3 is 9.73 Å². The molecule has 2 aromatic heterocycles. The predicted octanol–water partition coefficient (Wildman–Crippen LogP) is 0.577. The van der Waals surface area contributed by atoms with Crippen molar-refractivity contribution in [2.75, 3.05) is 6.54 Å². The Bertz CT molecular complexity index is 701. The fourth-order valence-corrected chi connectivity index (χ4v) is 2.06. The number of hydrogen-bond acceptors (Lipinski definition) is 6. The molecule has 110 valence electrons. The first-order valence-electron chi connectivity index (χ1n) is 5.90. The first kappa shape index (κ1) is 14.7. The van der Waals surface area contributed by atoms with Crippen LogP contribution < -0.4 is 16.4 Å². The molecule has 0 fully saturated rings. The second-order valence-electron chi connectivity index (χ2n) is 3.85. The smallest absolute Gasteiger partial charge is 0.387 e. The lowest BCUT2D eigenvalue weighted by atomic mass is 10.5. The number of aromatic nitrogens is 2. The average molecular weight is 308 g/mol. The molecule has 3 amide bonds. The molecule has 21 heavy (non-hydrogen) atoms. The first-order chi connectivity index (χ1) is 10.1. The van der Waals surface area contributed by atoms with Crippen molar-refractivity contribution in [3.8, 4) is 10.8 Å². The van der Waals surface area contributed by atoms with Crippen LogP contribution in [0.5, 0.6) is 0 Å². The molecule has 0 atom stereocenters. The van der Waals surface area contributed by atoms with Gasteiger partial charge in [-0.1, -0.05) is 12.1 Å². The van der Waals surface area contributed by atoms with Crippen molar-refractivity contribution in [3.05, 3.63) is 40.7 Å². The number of urea groups is 1.